The molecule has 0 aliphatic heterocycles. The zero-order chi connectivity index (χ0) is 2.71. The molecule has 0 saturated carbocycles. The van der Waals surface area contributed by atoms with Crippen LogP contribution in [0.1, 0.15) is 0 Å². The van der Waals surface area contributed by atoms with Gasteiger partial charge in [-0.05, 0) is 0 Å². The molecule has 0 amide bonds. The molecule has 0 fully saturated rings. The third-order valence-electron chi connectivity index (χ3n) is 0. The van der Waals surface area contributed by atoms with Crippen molar-refractivity contribution in [3.05, 3.63) is 5.32 Å². The maximum Gasteiger partial charge on any atom is 0 e. The molecule has 0 atom stereocenters. The van der Waals surface area contributed by atoms with Crippen molar-refractivity contribution in [2.24, 2.45) is 0 Å². The molecule has 0 aromatic carbocycles. The molecule has 1 nitrogen and oxygen atoms in total. The number of nitrogens with zero attached hydrogens (tertiary/aromatic N) is 1. The first-order valence-electron chi connectivity index (χ1n) is 0.894. The van der Waals surface area contributed by atoms with E-state index in [1.165, 1.54) is 0 Å². The average molecular weight is 99.9 g/mol. The summed E-state index contributed by atoms with van der Waals surface area (Å²) < 4.78 is 0. The first-order chi connectivity index (χ1) is 1.41. The van der Waals surface area contributed by atoms with Crippen molar-refractivity contribution >= 4 is 0 Å². The first-order valence-corrected chi connectivity index (χ1v) is 0.894. The quantitative estimate of drug-likeness (QED) is 0.396. The van der Waals surface area contributed by atoms with E-state index in [9.17, 15) is 0 Å². The first kappa shape index (κ1) is 8.82. The zero-order valence-corrected chi connectivity index (χ0v) is 3.90. The molecule has 0 saturated heterocycles. The molecular weight excluding hydrogens is 93.9 g/mol. The Balaban J connectivity index is 0. The maximum atomic E-state index is 3.50. The van der Waals surface area contributed by atoms with E-state index in [1.54, 1.807) is 14.1 Å². The van der Waals surface area contributed by atoms with Gasteiger partial charge in [-0.25, -0.2) is 0 Å². The van der Waals surface area contributed by atoms with E-state index in [-0.39, 0.29) is 17.1 Å². The van der Waals surface area contributed by atoms with Crippen molar-refractivity contribution in [2.45, 2.75) is 0 Å². The summed E-state index contributed by atoms with van der Waals surface area (Å²) in [4.78, 5) is 0. The van der Waals surface area contributed by atoms with Crippen LogP contribution in [0.15, 0.2) is 0 Å². The fourth-order valence-electron chi connectivity index (χ4n) is 0. The Morgan fingerprint density at radius 2 is 1.25 bits per heavy atom. The molecule has 4 heavy (non-hydrogen) atoms. The van der Waals surface area contributed by atoms with Crippen molar-refractivity contribution in [1.29, 1.82) is 0 Å². The molecule has 0 aromatic rings. The smallest absolute Gasteiger partial charge is 0 e. The summed E-state index contributed by atoms with van der Waals surface area (Å²) in [6.07, 6.45) is 0. The van der Waals surface area contributed by atoms with Gasteiger partial charge in [0.15, 0.2) is 0 Å². The predicted octanol–water partition coefficient (Wildman–Crippen LogP) is 0.617. The van der Waals surface area contributed by atoms with Gasteiger partial charge >= 0.3 is 0 Å². The minimum Gasteiger partial charge on any atom is -0.668 e. The standard InChI is InChI=1S/C2H6N.Fe/c1-3-2;/h1-2H3;/q-1;. The van der Waals surface area contributed by atoms with Crippen LogP contribution in [0.5, 0.6) is 0 Å². The third-order valence-corrected chi connectivity index (χ3v) is 0. The Kier molecular flexibility index (Phi) is 21.6. The van der Waals surface area contributed by atoms with Crippen LogP contribution in [0, 0.1) is 0 Å². The molecule has 0 rings (SSSR count). The Bertz CT molecular complexity index is 6.00. The average Bonchev–Trinajstić information content (AvgIpc) is 0.918. The van der Waals surface area contributed by atoms with E-state index in [0.29, 0.717) is 0 Å². The monoisotopic (exact) mass is 100.0 g/mol. The summed E-state index contributed by atoms with van der Waals surface area (Å²) >= 11 is 0. The van der Waals surface area contributed by atoms with Crippen molar-refractivity contribution < 1.29 is 17.1 Å². The molecule has 0 aromatic heterocycles. The minimum absolute atomic E-state index is 0. The van der Waals surface area contributed by atoms with Crippen LogP contribution in [-0.2, 0) is 17.1 Å². The minimum atomic E-state index is 0. The Hall–Kier alpha value is 0.479. The van der Waals surface area contributed by atoms with Gasteiger partial charge in [0.2, 0.25) is 0 Å². The van der Waals surface area contributed by atoms with Gasteiger partial charge in [0.1, 0.15) is 0 Å². The second kappa shape index (κ2) is 9.77. The molecule has 0 spiro atoms. The molecule has 0 heterocycles. The van der Waals surface area contributed by atoms with Gasteiger partial charge in [-0.15, -0.1) is 0 Å². The van der Waals surface area contributed by atoms with Gasteiger partial charge in [0.25, 0.3) is 0 Å². The van der Waals surface area contributed by atoms with Crippen LogP contribution in [0.25, 0.3) is 5.32 Å². The van der Waals surface area contributed by atoms with Gasteiger partial charge < -0.3 is 5.32 Å². The topological polar surface area (TPSA) is 14.1 Å². The van der Waals surface area contributed by atoms with Gasteiger partial charge in [-0.3, -0.25) is 0 Å². The van der Waals surface area contributed by atoms with Crippen LogP contribution in [-0.4, -0.2) is 14.1 Å². The Labute approximate surface area is 37.2 Å². The van der Waals surface area contributed by atoms with Gasteiger partial charge in [-0.1, -0.05) is 0 Å². The largest absolute Gasteiger partial charge is 0.668 e. The van der Waals surface area contributed by atoms with Gasteiger partial charge in [0, 0.05) is 17.1 Å². The molecular formula is C2H6FeN-. The Morgan fingerprint density at radius 3 is 1.25 bits per heavy atom. The Morgan fingerprint density at radius 1 is 1.25 bits per heavy atom. The van der Waals surface area contributed by atoms with Crippen molar-refractivity contribution in [3.8, 4) is 0 Å². The molecule has 0 bridgehead atoms. The van der Waals surface area contributed by atoms with Crippen LogP contribution < -0.4 is 0 Å². The van der Waals surface area contributed by atoms with E-state index in [1.807, 2.05) is 0 Å². The van der Waals surface area contributed by atoms with Crippen LogP contribution >= 0.6 is 0 Å². The van der Waals surface area contributed by atoms with Crippen molar-refractivity contribution in [2.75, 3.05) is 14.1 Å². The van der Waals surface area contributed by atoms with Gasteiger partial charge in [0.05, 0.1) is 0 Å². The number of hydrogen-bond donors (Lipinski definition) is 0. The summed E-state index contributed by atoms with van der Waals surface area (Å²) in [5.74, 6) is 0. The summed E-state index contributed by atoms with van der Waals surface area (Å²) in [5, 5.41) is 3.50. The van der Waals surface area contributed by atoms with E-state index < -0.39 is 0 Å². The summed E-state index contributed by atoms with van der Waals surface area (Å²) in [6.45, 7) is 0. The van der Waals surface area contributed by atoms with Crippen LogP contribution in [0.3, 0.4) is 0 Å². The van der Waals surface area contributed by atoms with Crippen molar-refractivity contribution in [3.63, 3.8) is 0 Å². The van der Waals surface area contributed by atoms with E-state index in [4.69, 9.17) is 0 Å². The van der Waals surface area contributed by atoms with Crippen molar-refractivity contribution in [1.82, 2.24) is 0 Å². The summed E-state index contributed by atoms with van der Waals surface area (Å²) in [7, 11) is 3.50. The SMILES string of the molecule is C[N-]C.[Fe]. The summed E-state index contributed by atoms with van der Waals surface area (Å²) in [6, 6.07) is 0. The van der Waals surface area contributed by atoms with E-state index in [0.717, 1.165) is 0 Å². The normalized spacial score (nSPS) is 4.50. The van der Waals surface area contributed by atoms with Crippen LogP contribution in [0.2, 0.25) is 0 Å². The molecule has 0 unspecified atom stereocenters. The second-order valence-corrected chi connectivity index (χ2v) is 0.447. The third kappa shape index (κ3) is 23.6. The number of rotatable bonds is 0. The van der Waals surface area contributed by atoms with E-state index in [2.05, 4.69) is 5.32 Å². The molecule has 0 aliphatic carbocycles. The molecule has 0 radical (unpaired) electrons. The molecule has 2 heteroatoms. The second-order valence-electron chi connectivity index (χ2n) is 0.447. The fraction of sp³-hybridized carbons (Fsp3) is 1.00. The molecule has 0 aliphatic rings. The maximum absolute atomic E-state index is 3.50. The predicted molar refractivity (Wildman–Crippen MR) is 15.2 cm³/mol. The number of hydrogen-bond acceptors (Lipinski definition) is 0. The molecule has 28 valence electrons. The summed E-state index contributed by atoms with van der Waals surface area (Å²) in [5.41, 5.74) is 0. The zero-order valence-electron chi connectivity index (χ0n) is 2.80. The fourth-order valence-corrected chi connectivity index (χ4v) is 0. The van der Waals surface area contributed by atoms with Crippen LogP contribution in [0.4, 0.5) is 0 Å². The van der Waals surface area contributed by atoms with Gasteiger partial charge in [-0.2, -0.15) is 14.1 Å². The molecule has 0 N–H and O–H groups in total. The van der Waals surface area contributed by atoms with E-state index >= 15 is 0 Å².